The number of allylic oxidation sites excluding steroid dienone is 8. The van der Waals surface area contributed by atoms with E-state index in [2.05, 4.69) is 40.8 Å². The number of likely N-dealkylation sites (N-methyl/N-ethyl adjacent to an activating group) is 1. The molecular formula is C32H48FN3O4. The van der Waals surface area contributed by atoms with Crippen LogP contribution in [0.3, 0.4) is 0 Å². The van der Waals surface area contributed by atoms with Crippen molar-refractivity contribution >= 4 is 5.91 Å². The van der Waals surface area contributed by atoms with Crippen LogP contribution < -0.4 is 5.32 Å². The summed E-state index contributed by atoms with van der Waals surface area (Å²) in [7, 11) is 0. The number of morpholine rings is 1. The highest BCUT2D eigenvalue weighted by atomic mass is 19.1. The van der Waals surface area contributed by atoms with Crippen molar-refractivity contribution in [2.45, 2.75) is 46.6 Å². The van der Waals surface area contributed by atoms with E-state index in [4.69, 9.17) is 14.2 Å². The summed E-state index contributed by atoms with van der Waals surface area (Å²) in [5.41, 5.74) is 2.42. The molecule has 222 valence electrons. The van der Waals surface area contributed by atoms with Gasteiger partial charge in [-0.1, -0.05) is 30.9 Å². The molecule has 2 fully saturated rings. The van der Waals surface area contributed by atoms with Gasteiger partial charge in [-0.05, 0) is 64.3 Å². The monoisotopic (exact) mass is 557 g/mol. The molecule has 7 nitrogen and oxygen atoms in total. The van der Waals surface area contributed by atoms with Crippen LogP contribution in [0.5, 0.6) is 0 Å². The zero-order valence-electron chi connectivity index (χ0n) is 24.8. The van der Waals surface area contributed by atoms with Crippen LogP contribution in [0.15, 0.2) is 83.6 Å². The van der Waals surface area contributed by atoms with E-state index in [0.717, 1.165) is 62.7 Å². The normalized spacial score (nSPS) is 18.9. The Morgan fingerprint density at radius 2 is 1.82 bits per heavy atom. The van der Waals surface area contributed by atoms with E-state index in [1.807, 2.05) is 39.0 Å². The quantitative estimate of drug-likeness (QED) is 0.169. The molecule has 1 N–H and O–H groups in total. The van der Waals surface area contributed by atoms with Gasteiger partial charge < -0.3 is 24.4 Å². The molecule has 0 aromatic rings. The second-order valence-corrected chi connectivity index (χ2v) is 9.66. The Labute approximate surface area is 240 Å². The first kappa shape index (κ1) is 33.3. The fraction of sp³-hybridized carbons (Fsp3) is 0.531. The number of rotatable bonds is 15. The van der Waals surface area contributed by atoms with Crippen molar-refractivity contribution in [3.05, 3.63) is 83.6 Å². The van der Waals surface area contributed by atoms with Crippen molar-refractivity contribution < 1.29 is 23.4 Å². The highest BCUT2D eigenvalue weighted by Crippen LogP contribution is 2.22. The Balaban J connectivity index is 2.26. The van der Waals surface area contributed by atoms with Crippen LogP contribution in [0.25, 0.3) is 0 Å². The second-order valence-electron chi connectivity index (χ2n) is 9.66. The third-order valence-electron chi connectivity index (χ3n) is 6.81. The second kappa shape index (κ2) is 19.2. The number of ether oxygens (including phenoxy) is 3. The lowest BCUT2D eigenvalue weighted by atomic mass is 10.0. The van der Waals surface area contributed by atoms with Gasteiger partial charge in [0.25, 0.3) is 0 Å². The fourth-order valence-electron chi connectivity index (χ4n) is 4.62. The first-order chi connectivity index (χ1) is 19.4. The molecule has 0 saturated carbocycles. The molecule has 0 aromatic heterocycles. The number of hydrogen-bond acceptors (Lipinski definition) is 6. The minimum Gasteiger partial charge on any atom is -0.499 e. The maximum atomic E-state index is 14.3. The molecule has 40 heavy (non-hydrogen) atoms. The number of amides is 1. The van der Waals surface area contributed by atoms with Gasteiger partial charge in [-0.2, -0.15) is 0 Å². The van der Waals surface area contributed by atoms with Crippen LogP contribution in [0.1, 0.15) is 40.5 Å². The van der Waals surface area contributed by atoms with Crippen LogP contribution in [0.4, 0.5) is 4.39 Å². The van der Waals surface area contributed by atoms with Gasteiger partial charge >= 0.3 is 0 Å². The molecule has 2 aliphatic heterocycles. The molecule has 0 radical (unpaired) electrons. The highest BCUT2D eigenvalue weighted by Gasteiger charge is 2.21. The Hall–Kier alpha value is -2.94. The smallest absolute Gasteiger partial charge is 0.244 e. The van der Waals surface area contributed by atoms with Gasteiger partial charge in [-0.3, -0.25) is 9.69 Å². The first-order valence-corrected chi connectivity index (χ1v) is 14.4. The van der Waals surface area contributed by atoms with Gasteiger partial charge in [0.05, 0.1) is 25.6 Å². The van der Waals surface area contributed by atoms with Gasteiger partial charge in [0.2, 0.25) is 5.91 Å². The number of nitrogens with one attached hydrogen (secondary N) is 1. The number of nitrogens with zero attached hydrogens (tertiary/aromatic N) is 2. The highest BCUT2D eigenvalue weighted by molar-refractivity contribution is 5.88. The SMILES string of the molecule is C=C(F)\C(=C/C=C/C(=C/C(=C/C)N(CC)C1CCOCC1)/C=C/C(=O)NC/C=C(/C)OCC)CN1CCOCC1. The number of carbonyl (C=O) groups is 1. The summed E-state index contributed by atoms with van der Waals surface area (Å²) in [6, 6.07) is 0.397. The summed E-state index contributed by atoms with van der Waals surface area (Å²) in [5, 5.41) is 2.85. The molecule has 0 aromatic carbocycles. The summed E-state index contributed by atoms with van der Waals surface area (Å²) in [6.07, 6.45) is 16.7. The third-order valence-corrected chi connectivity index (χ3v) is 6.81. The van der Waals surface area contributed by atoms with Gasteiger partial charge in [0.1, 0.15) is 5.83 Å². The summed E-state index contributed by atoms with van der Waals surface area (Å²) < 4.78 is 30.6. The van der Waals surface area contributed by atoms with Crippen LogP contribution in [-0.4, -0.2) is 87.5 Å². The summed E-state index contributed by atoms with van der Waals surface area (Å²) in [4.78, 5) is 17.1. The predicted molar refractivity (Wildman–Crippen MR) is 160 cm³/mol. The van der Waals surface area contributed by atoms with E-state index >= 15 is 0 Å². The van der Waals surface area contributed by atoms with E-state index in [1.54, 1.807) is 12.2 Å². The third kappa shape index (κ3) is 12.5. The Bertz CT molecular complexity index is 984. The van der Waals surface area contributed by atoms with E-state index in [-0.39, 0.29) is 5.91 Å². The average Bonchev–Trinajstić information content (AvgIpc) is 2.96. The molecule has 0 spiro atoms. The molecule has 0 unspecified atom stereocenters. The maximum absolute atomic E-state index is 14.3. The lowest BCUT2D eigenvalue weighted by Gasteiger charge is -2.36. The molecular weight excluding hydrogens is 509 g/mol. The van der Waals surface area contributed by atoms with Gasteiger partial charge in [-0.15, -0.1) is 0 Å². The van der Waals surface area contributed by atoms with Crippen molar-refractivity contribution in [3.63, 3.8) is 0 Å². The molecule has 2 aliphatic rings. The summed E-state index contributed by atoms with van der Waals surface area (Å²) >= 11 is 0. The Kier molecular flexibility index (Phi) is 16.0. The number of halogens is 1. The Morgan fingerprint density at radius 1 is 1.12 bits per heavy atom. The predicted octanol–water partition coefficient (Wildman–Crippen LogP) is 5.23. The molecule has 1 amide bonds. The summed E-state index contributed by atoms with van der Waals surface area (Å²) in [6.45, 7) is 18.1. The molecule has 0 atom stereocenters. The van der Waals surface area contributed by atoms with Crippen molar-refractivity contribution in [2.24, 2.45) is 0 Å². The van der Waals surface area contributed by atoms with Crippen LogP contribution in [0, 0.1) is 0 Å². The number of carbonyl (C=O) groups excluding carboxylic acids is 1. The van der Waals surface area contributed by atoms with E-state index in [1.165, 1.54) is 6.08 Å². The molecule has 2 saturated heterocycles. The van der Waals surface area contributed by atoms with Crippen LogP contribution >= 0.6 is 0 Å². The van der Waals surface area contributed by atoms with Crippen molar-refractivity contribution in [1.29, 1.82) is 0 Å². The topological polar surface area (TPSA) is 63.3 Å². The molecule has 2 rings (SSSR count). The maximum Gasteiger partial charge on any atom is 0.244 e. The minimum absolute atomic E-state index is 0.209. The largest absolute Gasteiger partial charge is 0.499 e. The zero-order chi connectivity index (χ0) is 29.2. The van der Waals surface area contributed by atoms with Crippen molar-refractivity contribution in [3.8, 4) is 0 Å². The number of hydrogen-bond donors (Lipinski definition) is 1. The van der Waals surface area contributed by atoms with Gasteiger partial charge in [0.15, 0.2) is 0 Å². The fourth-order valence-corrected chi connectivity index (χ4v) is 4.62. The lowest BCUT2D eigenvalue weighted by molar-refractivity contribution is -0.116. The van der Waals surface area contributed by atoms with Crippen molar-refractivity contribution in [2.75, 3.05) is 65.8 Å². The van der Waals surface area contributed by atoms with E-state index in [9.17, 15) is 9.18 Å². The van der Waals surface area contributed by atoms with E-state index < -0.39 is 5.83 Å². The lowest BCUT2D eigenvalue weighted by Crippen LogP contribution is -2.38. The first-order valence-electron chi connectivity index (χ1n) is 14.4. The summed E-state index contributed by atoms with van der Waals surface area (Å²) in [5.74, 6) is 0.118. The van der Waals surface area contributed by atoms with Gasteiger partial charge in [0, 0.05) is 69.3 Å². The molecule has 8 heteroatoms. The average molecular weight is 558 g/mol. The minimum atomic E-state index is -0.446. The standard InChI is InChI=1S/C32H48FN3O4/c1-6-30(36(7-2)31-15-20-38-21-16-31)24-28(12-13-32(37)34-17-14-26(4)40-8-3)10-9-11-29(27(5)33)25-35-18-22-39-23-19-35/h6,9-14,24,31H,5,7-8,15-23,25H2,1-4H3,(H,34,37)/b10-9+,13-12+,26-14-,28-24-,29-11-,30-6-. The van der Waals surface area contributed by atoms with Crippen molar-refractivity contribution in [1.82, 2.24) is 15.1 Å². The van der Waals surface area contributed by atoms with Gasteiger partial charge in [-0.25, -0.2) is 4.39 Å². The molecule has 0 aliphatic carbocycles. The molecule has 2 heterocycles. The van der Waals surface area contributed by atoms with E-state index in [0.29, 0.717) is 44.5 Å². The molecule has 0 bridgehead atoms. The van der Waals surface area contributed by atoms with Crippen LogP contribution in [-0.2, 0) is 19.0 Å². The van der Waals surface area contributed by atoms with Crippen LogP contribution in [0.2, 0.25) is 0 Å². The zero-order valence-corrected chi connectivity index (χ0v) is 24.8. The Morgan fingerprint density at radius 3 is 2.45 bits per heavy atom.